The summed E-state index contributed by atoms with van der Waals surface area (Å²) in [7, 11) is -3.28. The van der Waals surface area contributed by atoms with Crippen LogP contribution >= 0.6 is 0 Å². The smallest absolute Gasteiger partial charge is 0.179 e. The van der Waals surface area contributed by atoms with Gasteiger partial charge in [-0.05, 0) is 54.1 Å². The molecule has 1 aliphatic heterocycles. The Labute approximate surface area is 163 Å². The Bertz CT molecular complexity index is 840. The average molecular weight is 387 g/mol. The first-order chi connectivity index (χ1) is 12.8. The Hall–Kier alpha value is -1.72. The number of likely N-dealkylation sites (tertiary alicyclic amines) is 1. The Morgan fingerprint density at radius 1 is 1.11 bits per heavy atom. The summed E-state index contributed by atoms with van der Waals surface area (Å²) in [6.45, 7) is 7.89. The van der Waals surface area contributed by atoms with Gasteiger partial charge in [0.05, 0.1) is 10.6 Å². The van der Waals surface area contributed by atoms with E-state index < -0.39 is 9.84 Å². The third-order valence-electron chi connectivity index (χ3n) is 5.41. The lowest BCUT2D eigenvalue weighted by Gasteiger charge is -2.35. The number of nitrogens with zero attached hydrogens (tertiary/aromatic N) is 2. The monoisotopic (exact) mass is 386 g/mol. The molecule has 1 saturated heterocycles. The fraction of sp³-hybridized carbons (Fsp3) is 0.500. The maximum Gasteiger partial charge on any atom is 0.179 e. The molecule has 1 fully saturated rings. The minimum Gasteiger partial charge on any atom is -0.295 e. The highest BCUT2D eigenvalue weighted by atomic mass is 32.2. The van der Waals surface area contributed by atoms with Crippen molar-refractivity contribution in [3.8, 4) is 0 Å². The van der Waals surface area contributed by atoms with Crippen molar-refractivity contribution < 1.29 is 8.42 Å². The molecule has 0 amide bonds. The zero-order valence-corrected chi connectivity index (χ0v) is 17.4. The van der Waals surface area contributed by atoms with Crippen molar-refractivity contribution in [1.29, 1.82) is 0 Å². The lowest BCUT2D eigenvalue weighted by atomic mass is 9.87. The minimum atomic E-state index is -3.28. The summed E-state index contributed by atoms with van der Waals surface area (Å²) in [4.78, 5) is 6.96. The molecule has 0 radical (unpaired) electrons. The minimum absolute atomic E-state index is 0.0209. The van der Waals surface area contributed by atoms with Crippen LogP contribution < -0.4 is 0 Å². The van der Waals surface area contributed by atoms with Crippen LogP contribution in [0.1, 0.15) is 57.2 Å². The van der Waals surface area contributed by atoms with Crippen molar-refractivity contribution in [2.24, 2.45) is 0 Å². The van der Waals surface area contributed by atoms with E-state index >= 15 is 0 Å². The van der Waals surface area contributed by atoms with Crippen molar-refractivity contribution in [1.82, 2.24) is 9.88 Å². The number of aromatic nitrogens is 1. The molecule has 1 aromatic heterocycles. The molecular weight excluding hydrogens is 356 g/mol. The van der Waals surface area contributed by atoms with Gasteiger partial charge < -0.3 is 0 Å². The topological polar surface area (TPSA) is 50.3 Å². The van der Waals surface area contributed by atoms with Gasteiger partial charge in [0, 0.05) is 25.0 Å². The molecule has 0 aliphatic carbocycles. The largest absolute Gasteiger partial charge is 0.295 e. The number of benzene rings is 1. The van der Waals surface area contributed by atoms with Gasteiger partial charge in [-0.3, -0.25) is 9.88 Å². The molecule has 3 rings (SSSR count). The molecule has 1 atom stereocenters. The Kier molecular flexibility index (Phi) is 6.02. The first-order valence-corrected chi connectivity index (χ1v) is 11.4. The molecule has 27 heavy (non-hydrogen) atoms. The van der Waals surface area contributed by atoms with E-state index in [0.29, 0.717) is 11.4 Å². The van der Waals surface area contributed by atoms with E-state index in [2.05, 4.69) is 36.7 Å². The van der Waals surface area contributed by atoms with E-state index in [1.54, 1.807) is 18.3 Å². The second kappa shape index (κ2) is 8.11. The molecule has 1 aliphatic rings. The van der Waals surface area contributed by atoms with Crippen LogP contribution in [-0.2, 0) is 15.3 Å². The number of hydrogen-bond acceptors (Lipinski definition) is 4. The third-order valence-corrected chi connectivity index (χ3v) is 7.12. The maximum atomic E-state index is 12.8. The lowest BCUT2D eigenvalue weighted by molar-refractivity contribution is 0.158. The van der Waals surface area contributed by atoms with Gasteiger partial charge in [-0.15, -0.1) is 0 Å². The second-order valence-electron chi connectivity index (χ2n) is 8.43. The molecule has 4 nitrogen and oxygen atoms in total. The molecule has 0 unspecified atom stereocenters. The zero-order chi connectivity index (χ0) is 19.5. The number of rotatable bonds is 5. The molecule has 146 valence electrons. The summed E-state index contributed by atoms with van der Waals surface area (Å²) in [5.41, 5.74) is 2.35. The summed E-state index contributed by atoms with van der Waals surface area (Å²) in [6.07, 6.45) is 7.05. The van der Waals surface area contributed by atoms with Gasteiger partial charge in [0.25, 0.3) is 0 Å². The van der Waals surface area contributed by atoms with E-state index in [0.717, 1.165) is 24.9 Å². The summed E-state index contributed by atoms with van der Waals surface area (Å²) in [6, 6.07) is 11.7. The standard InChI is InChI=1S/C22H30N2O2S/c1-22(2,3)19-9-11-20(12-10-19)27(25,26)16-15-24-14-5-4-8-21(24)18-7-6-13-23-17-18/h6-7,9-13,17,21H,4-5,8,14-16H2,1-3H3/t21-/m0/s1. The fourth-order valence-electron chi connectivity index (χ4n) is 3.73. The predicted octanol–water partition coefficient (Wildman–Crippen LogP) is 4.38. The van der Waals surface area contributed by atoms with E-state index in [1.165, 1.54) is 12.0 Å². The van der Waals surface area contributed by atoms with Crippen LogP contribution in [0.5, 0.6) is 0 Å². The molecule has 2 heterocycles. The van der Waals surface area contributed by atoms with E-state index in [4.69, 9.17) is 0 Å². The van der Waals surface area contributed by atoms with E-state index in [-0.39, 0.29) is 17.2 Å². The highest BCUT2D eigenvalue weighted by Gasteiger charge is 2.26. The molecule has 2 aromatic rings. The first kappa shape index (κ1) is 20.0. The summed E-state index contributed by atoms with van der Waals surface area (Å²) in [5.74, 6) is 0.151. The third kappa shape index (κ3) is 4.96. The van der Waals surface area contributed by atoms with E-state index in [1.807, 2.05) is 24.4 Å². The summed E-state index contributed by atoms with van der Waals surface area (Å²) >= 11 is 0. The van der Waals surface area contributed by atoms with Gasteiger partial charge >= 0.3 is 0 Å². The van der Waals surface area contributed by atoms with Crippen molar-refractivity contribution in [3.05, 3.63) is 59.9 Å². The normalized spacial score (nSPS) is 19.1. The van der Waals surface area contributed by atoms with Gasteiger partial charge in [0.2, 0.25) is 0 Å². The first-order valence-electron chi connectivity index (χ1n) is 9.75. The Morgan fingerprint density at radius 3 is 2.48 bits per heavy atom. The average Bonchev–Trinajstić information content (AvgIpc) is 2.67. The molecule has 0 saturated carbocycles. The van der Waals surface area contributed by atoms with Gasteiger partial charge in [0.15, 0.2) is 9.84 Å². The molecule has 1 aromatic carbocycles. The van der Waals surface area contributed by atoms with Crippen LogP contribution in [-0.4, -0.2) is 37.1 Å². The second-order valence-corrected chi connectivity index (χ2v) is 10.5. The SMILES string of the molecule is CC(C)(C)c1ccc(S(=O)(=O)CCN2CCCC[C@H]2c2cccnc2)cc1. The van der Waals surface area contributed by atoms with Gasteiger partial charge in [0.1, 0.15) is 0 Å². The predicted molar refractivity (Wildman–Crippen MR) is 110 cm³/mol. The van der Waals surface area contributed by atoms with Crippen LogP contribution in [0.25, 0.3) is 0 Å². The molecular formula is C22H30N2O2S. The van der Waals surface area contributed by atoms with Crippen LogP contribution in [0.4, 0.5) is 0 Å². The quantitative estimate of drug-likeness (QED) is 0.765. The molecule has 0 spiro atoms. The highest BCUT2D eigenvalue weighted by molar-refractivity contribution is 7.91. The van der Waals surface area contributed by atoms with Crippen LogP contribution in [0.3, 0.4) is 0 Å². The van der Waals surface area contributed by atoms with Gasteiger partial charge in [-0.1, -0.05) is 45.4 Å². The summed E-state index contributed by atoms with van der Waals surface area (Å²) in [5, 5.41) is 0. The highest BCUT2D eigenvalue weighted by Crippen LogP contribution is 2.30. The number of pyridine rings is 1. The van der Waals surface area contributed by atoms with E-state index in [9.17, 15) is 8.42 Å². The van der Waals surface area contributed by atoms with Crippen molar-refractivity contribution in [2.75, 3.05) is 18.8 Å². The van der Waals surface area contributed by atoms with Gasteiger partial charge in [-0.2, -0.15) is 0 Å². The Morgan fingerprint density at radius 2 is 1.85 bits per heavy atom. The number of hydrogen-bond donors (Lipinski definition) is 0. The number of sulfone groups is 1. The van der Waals surface area contributed by atoms with Crippen LogP contribution in [0, 0.1) is 0 Å². The molecule has 0 N–H and O–H groups in total. The maximum absolute atomic E-state index is 12.8. The zero-order valence-electron chi connectivity index (χ0n) is 16.6. The van der Waals surface area contributed by atoms with Crippen LogP contribution in [0.2, 0.25) is 0 Å². The van der Waals surface area contributed by atoms with Gasteiger partial charge in [-0.25, -0.2) is 8.42 Å². The fourth-order valence-corrected chi connectivity index (χ4v) is 4.99. The van der Waals surface area contributed by atoms with Crippen molar-refractivity contribution in [3.63, 3.8) is 0 Å². The number of piperidine rings is 1. The van der Waals surface area contributed by atoms with Crippen LogP contribution in [0.15, 0.2) is 53.7 Å². The van der Waals surface area contributed by atoms with Crippen molar-refractivity contribution in [2.45, 2.75) is 56.4 Å². The molecule has 0 bridgehead atoms. The summed E-state index contributed by atoms with van der Waals surface area (Å²) < 4.78 is 25.7. The van der Waals surface area contributed by atoms with Crippen molar-refractivity contribution >= 4 is 9.84 Å². The lowest BCUT2D eigenvalue weighted by Crippen LogP contribution is -2.36. The Balaban J connectivity index is 1.70. The molecule has 5 heteroatoms.